The fourth-order valence-corrected chi connectivity index (χ4v) is 2.37. The smallest absolute Gasteiger partial charge is 0.291 e. The van der Waals surface area contributed by atoms with Crippen LogP contribution in [0.4, 0.5) is 5.82 Å². The van der Waals surface area contributed by atoms with Crippen LogP contribution in [-0.2, 0) is 14.8 Å². The lowest BCUT2D eigenvalue weighted by molar-refractivity contribution is -0.117. The minimum absolute atomic E-state index is 0.108. The Labute approximate surface area is 96.5 Å². The molecule has 0 bridgehead atoms. The number of nitrogens with two attached hydrogens (primary N) is 1. The van der Waals surface area contributed by atoms with E-state index in [-0.39, 0.29) is 18.8 Å². The second-order valence-corrected chi connectivity index (χ2v) is 5.51. The van der Waals surface area contributed by atoms with Gasteiger partial charge in [0.05, 0.1) is 0 Å². The molecular formula is C8H10N4O4S. The van der Waals surface area contributed by atoms with Crippen LogP contribution >= 0.6 is 0 Å². The van der Waals surface area contributed by atoms with E-state index in [1.54, 1.807) is 0 Å². The zero-order valence-corrected chi connectivity index (χ0v) is 9.48. The first kappa shape index (κ1) is 11.7. The van der Waals surface area contributed by atoms with Crippen LogP contribution in [0.25, 0.3) is 0 Å². The average molecular weight is 258 g/mol. The predicted octanol–water partition coefficient (Wildman–Crippen LogP) is -1.84. The second-order valence-electron chi connectivity index (χ2n) is 3.66. The number of hydrogen-bond donors (Lipinski definition) is 2. The van der Waals surface area contributed by atoms with Crippen LogP contribution in [-0.4, -0.2) is 36.1 Å². The standard InChI is InChI=1S/C8H10N4O4S/c9-17(15,16)5-3-6(13)12(4-5)7-8(14)11-2-1-10-7/h1-2,5H,3-4H2,(H,11,14)(H2,9,15,16). The Bertz CT molecular complexity index is 608. The highest BCUT2D eigenvalue weighted by Crippen LogP contribution is 2.19. The molecule has 0 aliphatic carbocycles. The van der Waals surface area contributed by atoms with E-state index in [2.05, 4.69) is 9.97 Å². The molecule has 0 radical (unpaired) electrons. The van der Waals surface area contributed by atoms with Gasteiger partial charge < -0.3 is 4.98 Å². The van der Waals surface area contributed by atoms with Crippen molar-refractivity contribution in [2.45, 2.75) is 11.7 Å². The summed E-state index contributed by atoms with van der Waals surface area (Å²) >= 11 is 0. The molecule has 1 saturated heterocycles. The second kappa shape index (κ2) is 3.93. The Morgan fingerprint density at radius 3 is 2.71 bits per heavy atom. The zero-order chi connectivity index (χ0) is 12.6. The van der Waals surface area contributed by atoms with Gasteiger partial charge in [0, 0.05) is 25.4 Å². The first-order chi connectivity index (χ1) is 7.89. The number of hydrogen-bond acceptors (Lipinski definition) is 5. The molecular weight excluding hydrogens is 248 g/mol. The minimum atomic E-state index is -3.79. The summed E-state index contributed by atoms with van der Waals surface area (Å²) < 4.78 is 22.3. The lowest BCUT2D eigenvalue weighted by Gasteiger charge is -2.13. The van der Waals surface area contributed by atoms with Gasteiger partial charge in [-0.1, -0.05) is 0 Å². The number of anilines is 1. The highest BCUT2D eigenvalue weighted by atomic mass is 32.2. The summed E-state index contributed by atoms with van der Waals surface area (Å²) in [5.41, 5.74) is -0.545. The number of primary sulfonamides is 1. The molecule has 3 N–H and O–H groups in total. The molecule has 17 heavy (non-hydrogen) atoms. The summed E-state index contributed by atoms with van der Waals surface area (Å²) in [6, 6.07) is 0. The number of rotatable bonds is 2. The fourth-order valence-electron chi connectivity index (χ4n) is 1.64. The van der Waals surface area contributed by atoms with Crippen molar-refractivity contribution < 1.29 is 13.2 Å². The van der Waals surface area contributed by atoms with Crippen LogP contribution in [0, 0.1) is 0 Å². The van der Waals surface area contributed by atoms with E-state index < -0.39 is 26.7 Å². The van der Waals surface area contributed by atoms with E-state index in [4.69, 9.17) is 5.14 Å². The maximum atomic E-state index is 11.6. The van der Waals surface area contributed by atoms with Crippen LogP contribution in [0.5, 0.6) is 0 Å². The SMILES string of the molecule is NS(=O)(=O)C1CC(=O)N(c2ncc[nH]c2=O)C1. The number of amides is 1. The molecule has 1 atom stereocenters. The van der Waals surface area contributed by atoms with Gasteiger partial charge in [-0.2, -0.15) is 0 Å². The van der Waals surface area contributed by atoms with Crippen LogP contribution < -0.4 is 15.6 Å². The van der Waals surface area contributed by atoms with Crippen LogP contribution in [0.15, 0.2) is 17.2 Å². The quantitative estimate of drug-likeness (QED) is 0.644. The minimum Gasteiger partial charge on any atom is -0.324 e. The highest BCUT2D eigenvalue weighted by molar-refractivity contribution is 7.89. The number of nitrogens with zero attached hydrogens (tertiary/aromatic N) is 2. The molecule has 92 valence electrons. The van der Waals surface area contributed by atoms with Gasteiger partial charge >= 0.3 is 0 Å². The van der Waals surface area contributed by atoms with Crippen molar-refractivity contribution in [1.82, 2.24) is 9.97 Å². The first-order valence-electron chi connectivity index (χ1n) is 4.75. The number of nitrogens with one attached hydrogen (secondary N) is 1. The Kier molecular flexibility index (Phi) is 2.71. The molecule has 1 unspecified atom stereocenters. The van der Waals surface area contributed by atoms with E-state index >= 15 is 0 Å². The molecule has 1 aliphatic rings. The third-order valence-corrected chi connectivity index (χ3v) is 3.74. The van der Waals surface area contributed by atoms with Crippen molar-refractivity contribution in [3.8, 4) is 0 Å². The van der Waals surface area contributed by atoms with Gasteiger partial charge in [-0.15, -0.1) is 0 Å². The van der Waals surface area contributed by atoms with E-state index in [0.717, 1.165) is 4.90 Å². The molecule has 0 saturated carbocycles. The molecule has 0 spiro atoms. The van der Waals surface area contributed by atoms with Crippen LogP contribution in [0.2, 0.25) is 0 Å². The predicted molar refractivity (Wildman–Crippen MR) is 58.7 cm³/mol. The first-order valence-corrected chi connectivity index (χ1v) is 6.36. The van der Waals surface area contributed by atoms with Gasteiger partial charge in [-0.25, -0.2) is 18.5 Å². The Balaban J connectivity index is 2.35. The van der Waals surface area contributed by atoms with Gasteiger partial charge in [0.25, 0.3) is 5.56 Å². The summed E-state index contributed by atoms with van der Waals surface area (Å²) in [5, 5.41) is 3.98. The van der Waals surface area contributed by atoms with E-state index in [1.807, 2.05) is 0 Å². The average Bonchev–Trinajstić information content (AvgIpc) is 2.61. The molecule has 8 nitrogen and oxygen atoms in total. The Morgan fingerprint density at radius 2 is 2.18 bits per heavy atom. The monoisotopic (exact) mass is 258 g/mol. The maximum Gasteiger partial charge on any atom is 0.291 e. The Morgan fingerprint density at radius 1 is 1.47 bits per heavy atom. The molecule has 0 aromatic carbocycles. The van der Waals surface area contributed by atoms with E-state index in [9.17, 15) is 18.0 Å². The van der Waals surface area contributed by atoms with Crippen molar-refractivity contribution in [3.05, 3.63) is 22.7 Å². The number of sulfonamides is 1. The summed E-state index contributed by atoms with van der Waals surface area (Å²) in [5.74, 6) is -0.586. The number of carbonyl (C=O) groups is 1. The molecule has 9 heteroatoms. The van der Waals surface area contributed by atoms with Gasteiger partial charge in [-0.05, 0) is 0 Å². The van der Waals surface area contributed by atoms with Gasteiger partial charge in [0.15, 0.2) is 0 Å². The number of carbonyl (C=O) groups excluding carboxylic acids is 1. The van der Waals surface area contributed by atoms with Gasteiger partial charge in [-0.3, -0.25) is 14.5 Å². The largest absolute Gasteiger partial charge is 0.324 e. The third-order valence-electron chi connectivity index (χ3n) is 2.50. The lowest BCUT2D eigenvalue weighted by Crippen LogP contribution is -2.35. The van der Waals surface area contributed by atoms with E-state index in [0.29, 0.717) is 0 Å². The maximum absolute atomic E-state index is 11.6. The summed E-state index contributed by atoms with van der Waals surface area (Å²) in [6.45, 7) is -0.141. The lowest BCUT2D eigenvalue weighted by atomic mass is 10.4. The third kappa shape index (κ3) is 2.19. The van der Waals surface area contributed by atoms with Crippen LogP contribution in [0.3, 0.4) is 0 Å². The normalized spacial score (nSPS) is 20.9. The molecule has 1 aliphatic heterocycles. The number of H-pyrrole nitrogens is 1. The van der Waals surface area contributed by atoms with Gasteiger partial charge in [0.1, 0.15) is 5.25 Å². The summed E-state index contributed by atoms with van der Waals surface area (Å²) in [4.78, 5) is 30.2. The highest BCUT2D eigenvalue weighted by Gasteiger charge is 2.38. The molecule has 1 aromatic rings. The molecule has 1 fully saturated rings. The Hall–Kier alpha value is -1.74. The van der Waals surface area contributed by atoms with Crippen molar-refractivity contribution in [2.75, 3.05) is 11.4 Å². The van der Waals surface area contributed by atoms with Crippen LogP contribution in [0.1, 0.15) is 6.42 Å². The van der Waals surface area contributed by atoms with Crippen molar-refractivity contribution in [1.29, 1.82) is 0 Å². The fraction of sp³-hybridized carbons (Fsp3) is 0.375. The number of aromatic nitrogens is 2. The number of aromatic amines is 1. The zero-order valence-electron chi connectivity index (χ0n) is 8.66. The topological polar surface area (TPSA) is 126 Å². The summed E-state index contributed by atoms with van der Waals surface area (Å²) in [7, 11) is -3.79. The molecule has 2 heterocycles. The van der Waals surface area contributed by atoms with E-state index in [1.165, 1.54) is 12.4 Å². The van der Waals surface area contributed by atoms with Crippen molar-refractivity contribution >= 4 is 21.7 Å². The van der Waals surface area contributed by atoms with Crippen molar-refractivity contribution in [2.24, 2.45) is 5.14 Å². The molecule has 1 aromatic heterocycles. The van der Waals surface area contributed by atoms with Gasteiger partial charge in [0.2, 0.25) is 21.7 Å². The molecule has 1 amide bonds. The summed E-state index contributed by atoms with van der Waals surface area (Å²) in [6.07, 6.45) is 2.41. The molecule has 2 rings (SSSR count). The van der Waals surface area contributed by atoms with Crippen molar-refractivity contribution in [3.63, 3.8) is 0 Å².